The van der Waals surface area contributed by atoms with Gasteiger partial charge in [-0.05, 0) is 38.1 Å². The molecule has 2 atom stereocenters. The maximum Gasteiger partial charge on any atom is 0.131 e. The first-order valence-electron chi connectivity index (χ1n) is 9.15. The molecule has 0 aliphatic heterocycles. The standard InChI is InChI=1S/C22H18F2N6/c1-13(17-5-3-15(10-25)7-19(17)23)29-21-9-22(28-12-27-21)30-14(2)18-6-4-16(11-26)8-20(18)24/h3-9,12-14H,1-2H3,(H2,27,28,29,30). The van der Waals surface area contributed by atoms with Gasteiger partial charge in [-0.3, -0.25) is 0 Å². The van der Waals surface area contributed by atoms with Crippen molar-refractivity contribution in [3.8, 4) is 12.1 Å². The molecule has 2 N–H and O–H groups in total. The lowest BCUT2D eigenvalue weighted by Gasteiger charge is -2.18. The van der Waals surface area contributed by atoms with Crippen LogP contribution in [0.3, 0.4) is 0 Å². The molecule has 3 aromatic rings. The molecule has 0 amide bonds. The minimum Gasteiger partial charge on any atom is -0.363 e. The zero-order chi connectivity index (χ0) is 21.7. The van der Waals surface area contributed by atoms with Gasteiger partial charge in [0.05, 0.1) is 35.3 Å². The Hall–Kier alpha value is -4.04. The van der Waals surface area contributed by atoms with Crippen molar-refractivity contribution >= 4 is 11.6 Å². The van der Waals surface area contributed by atoms with E-state index in [0.29, 0.717) is 22.8 Å². The van der Waals surface area contributed by atoms with Gasteiger partial charge in [-0.25, -0.2) is 18.7 Å². The van der Waals surface area contributed by atoms with E-state index in [0.717, 1.165) is 0 Å². The van der Waals surface area contributed by atoms with Crippen LogP contribution in [-0.4, -0.2) is 9.97 Å². The van der Waals surface area contributed by atoms with Crippen molar-refractivity contribution in [2.45, 2.75) is 25.9 Å². The summed E-state index contributed by atoms with van der Waals surface area (Å²) in [5, 5.41) is 23.9. The predicted molar refractivity (Wildman–Crippen MR) is 108 cm³/mol. The molecule has 150 valence electrons. The first-order valence-corrected chi connectivity index (χ1v) is 9.15. The van der Waals surface area contributed by atoms with Gasteiger partial charge in [-0.15, -0.1) is 0 Å². The summed E-state index contributed by atoms with van der Waals surface area (Å²) in [4.78, 5) is 8.28. The summed E-state index contributed by atoms with van der Waals surface area (Å²) in [6.07, 6.45) is 1.34. The highest BCUT2D eigenvalue weighted by atomic mass is 19.1. The molecule has 0 radical (unpaired) electrons. The van der Waals surface area contributed by atoms with Crippen molar-refractivity contribution in [1.82, 2.24) is 9.97 Å². The molecule has 0 spiro atoms. The molecular formula is C22H18F2N6. The molecule has 0 aliphatic carbocycles. The third-order valence-corrected chi connectivity index (χ3v) is 4.59. The van der Waals surface area contributed by atoms with E-state index in [1.165, 1.54) is 18.5 Å². The number of anilines is 2. The van der Waals surface area contributed by atoms with Gasteiger partial charge in [0.15, 0.2) is 0 Å². The predicted octanol–water partition coefficient (Wildman–Crippen LogP) is 4.84. The maximum atomic E-state index is 14.2. The molecule has 0 aliphatic rings. The van der Waals surface area contributed by atoms with Crippen LogP contribution in [0.4, 0.5) is 20.4 Å². The van der Waals surface area contributed by atoms with Crippen molar-refractivity contribution in [1.29, 1.82) is 10.5 Å². The summed E-state index contributed by atoms with van der Waals surface area (Å²) < 4.78 is 28.5. The second-order valence-electron chi connectivity index (χ2n) is 6.72. The summed E-state index contributed by atoms with van der Waals surface area (Å²) in [6.45, 7) is 3.54. The number of nitriles is 2. The fraction of sp³-hybridized carbons (Fsp3) is 0.182. The lowest BCUT2D eigenvalue weighted by molar-refractivity contribution is 0.599. The smallest absolute Gasteiger partial charge is 0.131 e. The van der Waals surface area contributed by atoms with Crippen molar-refractivity contribution in [3.05, 3.63) is 82.7 Å². The molecule has 2 unspecified atom stereocenters. The third kappa shape index (κ3) is 4.68. The van der Waals surface area contributed by atoms with E-state index in [2.05, 4.69) is 20.6 Å². The average Bonchev–Trinajstić information content (AvgIpc) is 2.73. The van der Waals surface area contributed by atoms with Crippen LogP contribution < -0.4 is 10.6 Å². The van der Waals surface area contributed by atoms with Crippen molar-refractivity contribution < 1.29 is 8.78 Å². The highest BCUT2D eigenvalue weighted by Gasteiger charge is 2.15. The molecule has 0 fully saturated rings. The van der Waals surface area contributed by atoms with Crippen LogP contribution in [0.15, 0.2) is 48.8 Å². The lowest BCUT2D eigenvalue weighted by atomic mass is 10.1. The summed E-state index contributed by atoms with van der Waals surface area (Å²) >= 11 is 0. The molecular weight excluding hydrogens is 386 g/mol. The fourth-order valence-electron chi connectivity index (χ4n) is 3.01. The Labute approximate surface area is 172 Å². The number of aromatic nitrogens is 2. The maximum absolute atomic E-state index is 14.2. The van der Waals surface area contributed by atoms with Gasteiger partial charge in [0.25, 0.3) is 0 Å². The number of hydrogen-bond donors (Lipinski definition) is 2. The minimum absolute atomic E-state index is 0.251. The molecule has 0 saturated heterocycles. The number of benzene rings is 2. The van der Waals surface area contributed by atoms with Gasteiger partial charge in [0.2, 0.25) is 0 Å². The Bertz CT molecular complexity index is 1060. The highest BCUT2D eigenvalue weighted by molar-refractivity contribution is 5.49. The summed E-state index contributed by atoms with van der Waals surface area (Å²) in [7, 11) is 0. The van der Waals surface area contributed by atoms with Crippen molar-refractivity contribution in [2.75, 3.05) is 10.6 Å². The Morgan fingerprint density at radius 3 is 1.57 bits per heavy atom. The second kappa shape index (κ2) is 8.97. The SMILES string of the molecule is CC(Nc1cc(NC(C)c2ccc(C#N)cc2F)ncn1)c1ccc(C#N)cc1F. The molecule has 1 aromatic heterocycles. The van der Waals surface area contributed by atoms with Gasteiger partial charge in [-0.2, -0.15) is 10.5 Å². The van der Waals surface area contributed by atoms with Gasteiger partial charge in [0, 0.05) is 17.2 Å². The summed E-state index contributed by atoms with van der Waals surface area (Å²) in [5.74, 6) is -0.0507. The van der Waals surface area contributed by atoms with E-state index < -0.39 is 23.7 Å². The monoisotopic (exact) mass is 404 g/mol. The van der Waals surface area contributed by atoms with Crippen LogP contribution >= 0.6 is 0 Å². The van der Waals surface area contributed by atoms with Crippen molar-refractivity contribution in [3.63, 3.8) is 0 Å². The number of rotatable bonds is 6. The summed E-state index contributed by atoms with van der Waals surface area (Å²) in [6, 6.07) is 13.2. The van der Waals surface area contributed by atoms with Crippen LogP contribution in [0.2, 0.25) is 0 Å². The van der Waals surface area contributed by atoms with Crippen LogP contribution in [0.1, 0.15) is 48.2 Å². The topological polar surface area (TPSA) is 97.4 Å². The van der Waals surface area contributed by atoms with E-state index in [9.17, 15) is 8.78 Å². The number of halogens is 2. The van der Waals surface area contributed by atoms with E-state index in [1.807, 2.05) is 12.1 Å². The molecule has 2 aromatic carbocycles. The molecule has 1 heterocycles. The zero-order valence-electron chi connectivity index (χ0n) is 16.3. The molecule has 0 bridgehead atoms. The quantitative estimate of drug-likeness (QED) is 0.610. The lowest BCUT2D eigenvalue weighted by Crippen LogP contribution is -2.12. The Balaban J connectivity index is 1.73. The number of hydrogen-bond acceptors (Lipinski definition) is 6. The van der Waals surface area contributed by atoms with E-state index in [1.54, 1.807) is 44.2 Å². The second-order valence-corrected chi connectivity index (χ2v) is 6.72. The van der Waals surface area contributed by atoms with E-state index >= 15 is 0 Å². The van der Waals surface area contributed by atoms with Crippen LogP contribution in [0, 0.1) is 34.3 Å². The van der Waals surface area contributed by atoms with Gasteiger partial charge in [0.1, 0.15) is 29.6 Å². The van der Waals surface area contributed by atoms with E-state index in [-0.39, 0.29) is 11.1 Å². The van der Waals surface area contributed by atoms with Crippen LogP contribution in [-0.2, 0) is 0 Å². The fourth-order valence-corrected chi connectivity index (χ4v) is 3.01. The molecule has 6 nitrogen and oxygen atoms in total. The first kappa shape index (κ1) is 20.7. The zero-order valence-corrected chi connectivity index (χ0v) is 16.3. The Morgan fingerprint density at radius 1 is 0.767 bits per heavy atom. The number of nitrogens with one attached hydrogen (secondary N) is 2. The normalized spacial score (nSPS) is 12.3. The van der Waals surface area contributed by atoms with Crippen LogP contribution in [0.25, 0.3) is 0 Å². The Kier molecular flexibility index (Phi) is 6.19. The molecule has 3 rings (SSSR count). The first-order chi connectivity index (χ1) is 14.4. The van der Waals surface area contributed by atoms with Crippen molar-refractivity contribution in [2.24, 2.45) is 0 Å². The van der Waals surface area contributed by atoms with Crippen LogP contribution in [0.5, 0.6) is 0 Å². The Morgan fingerprint density at radius 2 is 1.20 bits per heavy atom. The number of nitrogens with zero attached hydrogens (tertiary/aromatic N) is 4. The molecule has 0 saturated carbocycles. The largest absolute Gasteiger partial charge is 0.363 e. The molecule has 30 heavy (non-hydrogen) atoms. The van der Waals surface area contributed by atoms with E-state index in [4.69, 9.17) is 10.5 Å². The highest BCUT2D eigenvalue weighted by Crippen LogP contribution is 2.25. The van der Waals surface area contributed by atoms with Gasteiger partial charge >= 0.3 is 0 Å². The van der Waals surface area contributed by atoms with Gasteiger partial charge in [-0.1, -0.05) is 12.1 Å². The minimum atomic E-state index is -0.480. The third-order valence-electron chi connectivity index (χ3n) is 4.59. The van der Waals surface area contributed by atoms with Gasteiger partial charge < -0.3 is 10.6 Å². The average molecular weight is 404 g/mol. The molecule has 8 heteroatoms. The summed E-state index contributed by atoms with van der Waals surface area (Å²) in [5.41, 5.74) is 1.30.